The third-order valence-electron chi connectivity index (χ3n) is 8.48. The number of nitrogens with zero attached hydrogens (tertiary/aromatic N) is 4. The highest BCUT2D eigenvalue weighted by atomic mass is 32.2. The number of para-hydroxylation sites is 1. The number of sulfonamides is 1. The molecule has 2 aliphatic heterocycles. The molecule has 0 radical (unpaired) electrons. The maximum atomic E-state index is 13.7. The SMILES string of the molecule is COc1ccc(CCN2C(=O)/C(=C/c3cn(-c4ccccc4)nc3-c3cccc(S(=O)(=O)N4CCC(C)CC4)c3)SC2=S)cc1OC. The van der Waals surface area contributed by atoms with E-state index in [4.69, 9.17) is 26.8 Å². The highest BCUT2D eigenvalue weighted by Crippen LogP contribution is 2.36. The summed E-state index contributed by atoms with van der Waals surface area (Å²) in [6, 6.07) is 22.2. The first-order chi connectivity index (χ1) is 22.7. The van der Waals surface area contributed by atoms with Crippen molar-refractivity contribution in [2.24, 2.45) is 5.92 Å². The fourth-order valence-corrected chi connectivity index (χ4v) is 8.54. The molecular formula is C35H36N4O5S3. The van der Waals surface area contributed by atoms with E-state index < -0.39 is 10.0 Å². The van der Waals surface area contributed by atoms with Crippen LogP contribution in [0.3, 0.4) is 0 Å². The smallest absolute Gasteiger partial charge is 0.266 e. The second-order valence-electron chi connectivity index (χ2n) is 11.6. The van der Waals surface area contributed by atoms with E-state index in [9.17, 15) is 13.2 Å². The summed E-state index contributed by atoms with van der Waals surface area (Å²) in [6.07, 6.45) is 5.92. The van der Waals surface area contributed by atoms with E-state index in [0.29, 0.717) is 69.5 Å². The topological polar surface area (TPSA) is 94.0 Å². The number of rotatable bonds is 10. The quantitative estimate of drug-likeness (QED) is 0.139. The summed E-state index contributed by atoms with van der Waals surface area (Å²) in [6.45, 7) is 3.58. The van der Waals surface area contributed by atoms with E-state index in [-0.39, 0.29) is 10.8 Å². The Morgan fingerprint density at radius 3 is 2.45 bits per heavy atom. The van der Waals surface area contributed by atoms with Crippen LogP contribution in [-0.4, -0.2) is 71.5 Å². The molecule has 0 N–H and O–H groups in total. The number of carbonyl (C=O) groups is 1. The fraction of sp³-hybridized carbons (Fsp3) is 0.286. The number of piperidine rings is 1. The van der Waals surface area contributed by atoms with Crippen molar-refractivity contribution >= 4 is 50.3 Å². The van der Waals surface area contributed by atoms with E-state index in [1.54, 1.807) is 52.4 Å². The van der Waals surface area contributed by atoms with Crippen molar-refractivity contribution in [2.45, 2.75) is 31.1 Å². The predicted octanol–water partition coefficient (Wildman–Crippen LogP) is 6.42. The van der Waals surface area contributed by atoms with Gasteiger partial charge in [-0.15, -0.1) is 0 Å². The second-order valence-corrected chi connectivity index (χ2v) is 15.2. The number of hydrogen-bond acceptors (Lipinski definition) is 8. The minimum absolute atomic E-state index is 0.186. The largest absolute Gasteiger partial charge is 0.493 e. The van der Waals surface area contributed by atoms with Gasteiger partial charge < -0.3 is 9.47 Å². The van der Waals surface area contributed by atoms with Gasteiger partial charge in [0.2, 0.25) is 10.0 Å². The molecule has 9 nitrogen and oxygen atoms in total. The summed E-state index contributed by atoms with van der Waals surface area (Å²) in [5.41, 5.74) is 3.70. The normalized spacial score (nSPS) is 17.1. The van der Waals surface area contributed by atoms with Gasteiger partial charge in [-0.2, -0.15) is 9.40 Å². The van der Waals surface area contributed by atoms with Gasteiger partial charge in [0.05, 0.1) is 29.7 Å². The van der Waals surface area contributed by atoms with Crippen molar-refractivity contribution in [3.63, 3.8) is 0 Å². The second kappa shape index (κ2) is 14.0. The van der Waals surface area contributed by atoms with Gasteiger partial charge in [0.1, 0.15) is 10.0 Å². The predicted molar refractivity (Wildman–Crippen MR) is 189 cm³/mol. The third-order valence-corrected chi connectivity index (χ3v) is 11.8. The molecule has 0 spiro atoms. The van der Waals surface area contributed by atoms with Crippen LogP contribution in [0.4, 0.5) is 0 Å². The van der Waals surface area contributed by atoms with Crippen molar-refractivity contribution < 1.29 is 22.7 Å². The number of ether oxygens (including phenoxy) is 2. The summed E-state index contributed by atoms with van der Waals surface area (Å²) in [7, 11) is -0.490. The highest BCUT2D eigenvalue weighted by molar-refractivity contribution is 8.26. The Bertz CT molecular complexity index is 1930. The van der Waals surface area contributed by atoms with Gasteiger partial charge in [-0.1, -0.05) is 67.3 Å². The summed E-state index contributed by atoms with van der Waals surface area (Å²) in [5, 5.41) is 4.88. The average molecular weight is 689 g/mol. The molecule has 0 atom stereocenters. The number of thiocarbonyl (C=S) groups is 1. The van der Waals surface area contributed by atoms with Gasteiger partial charge in [-0.25, -0.2) is 13.1 Å². The summed E-state index contributed by atoms with van der Waals surface area (Å²) >= 11 is 6.89. The van der Waals surface area contributed by atoms with Crippen LogP contribution >= 0.6 is 24.0 Å². The Balaban J connectivity index is 1.31. The summed E-state index contributed by atoms with van der Waals surface area (Å²) in [5.74, 6) is 1.59. The van der Waals surface area contributed by atoms with Crippen LogP contribution in [0.25, 0.3) is 23.0 Å². The molecule has 47 heavy (non-hydrogen) atoms. The Morgan fingerprint density at radius 2 is 1.72 bits per heavy atom. The van der Waals surface area contributed by atoms with E-state index in [1.807, 2.05) is 60.8 Å². The lowest BCUT2D eigenvalue weighted by atomic mass is 10.0. The van der Waals surface area contributed by atoms with Crippen LogP contribution in [0.2, 0.25) is 0 Å². The van der Waals surface area contributed by atoms with Gasteiger partial charge in [0.25, 0.3) is 5.91 Å². The summed E-state index contributed by atoms with van der Waals surface area (Å²) < 4.78 is 41.8. The van der Waals surface area contributed by atoms with Crippen LogP contribution in [0.5, 0.6) is 11.5 Å². The first-order valence-corrected chi connectivity index (χ1v) is 18.1. The number of amides is 1. The van der Waals surface area contributed by atoms with Gasteiger partial charge in [0, 0.05) is 37.0 Å². The molecular weight excluding hydrogens is 653 g/mol. The molecule has 244 valence electrons. The number of aromatic nitrogens is 2. The van der Waals surface area contributed by atoms with Crippen LogP contribution in [0, 0.1) is 5.92 Å². The van der Waals surface area contributed by atoms with E-state index in [0.717, 1.165) is 24.1 Å². The molecule has 12 heteroatoms. The first kappa shape index (κ1) is 33.0. The lowest BCUT2D eigenvalue weighted by Crippen LogP contribution is -2.37. The van der Waals surface area contributed by atoms with Crippen molar-refractivity contribution in [2.75, 3.05) is 33.9 Å². The van der Waals surface area contributed by atoms with Crippen molar-refractivity contribution in [1.82, 2.24) is 19.0 Å². The maximum Gasteiger partial charge on any atom is 0.266 e. The molecule has 3 aromatic carbocycles. The van der Waals surface area contributed by atoms with Crippen LogP contribution < -0.4 is 9.47 Å². The Hall–Kier alpha value is -3.97. The zero-order chi connectivity index (χ0) is 33.1. The number of benzene rings is 3. The molecule has 2 aliphatic rings. The van der Waals surface area contributed by atoms with Gasteiger partial charge >= 0.3 is 0 Å². The molecule has 0 saturated carbocycles. The monoisotopic (exact) mass is 688 g/mol. The van der Waals surface area contributed by atoms with E-state index in [1.165, 1.54) is 11.8 Å². The minimum Gasteiger partial charge on any atom is -0.493 e. The molecule has 2 saturated heterocycles. The molecule has 4 aromatic rings. The molecule has 1 aromatic heterocycles. The Kier molecular flexibility index (Phi) is 9.83. The Labute approximate surface area is 285 Å². The lowest BCUT2D eigenvalue weighted by molar-refractivity contribution is -0.122. The van der Waals surface area contributed by atoms with Crippen LogP contribution in [-0.2, 0) is 21.2 Å². The number of thioether (sulfide) groups is 1. The van der Waals surface area contributed by atoms with Crippen LogP contribution in [0.15, 0.2) is 88.8 Å². The van der Waals surface area contributed by atoms with Gasteiger partial charge in [0.15, 0.2) is 11.5 Å². The lowest BCUT2D eigenvalue weighted by Gasteiger charge is -2.29. The standard InChI is InChI=1S/C35H36N4O5S3/c1-24-14-17-37(18-15-24)47(41,42)29-11-7-8-26(21-29)33-27(23-39(36-33)28-9-5-4-6-10-28)22-32-34(40)38(35(45)46-32)19-16-25-12-13-30(43-2)31(20-25)44-3/h4-13,20-24H,14-19H2,1-3H3/b32-22-. The minimum atomic E-state index is -3.67. The summed E-state index contributed by atoms with van der Waals surface area (Å²) in [4.78, 5) is 16.0. The molecule has 0 aliphatic carbocycles. The van der Waals surface area contributed by atoms with Crippen LogP contribution in [0.1, 0.15) is 30.9 Å². The number of hydrogen-bond donors (Lipinski definition) is 0. The zero-order valence-electron chi connectivity index (χ0n) is 26.5. The van der Waals surface area contributed by atoms with Crippen molar-refractivity contribution in [1.29, 1.82) is 0 Å². The molecule has 0 unspecified atom stereocenters. The van der Waals surface area contributed by atoms with Gasteiger partial charge in [-0.3, -0.25) is 9.69 Å². The zero-order valence-corrected chi connectivity index (χ0v) is 28.9. The molecule has 2 fully saturated rings. The van der Waals surface area contributed by atoms with E-state index >= 15 is 0 Å². The van der Waals surface area contributed by atoms with E-state index in [2.05, 4.69) is 6.92 Å². The first-order valence-electron chi connectivity index (χ1n) is 15.4. The fourth-order valence-electron chi connectivity index (χ4n) is 5.72. The number of carbonyl (C=O) groups excluding carboxylic acids is 1. The average Bonchev–Trinajstić information content (AvgIpc) is 3.63. The number of methoxy groups -OCH3 is 2. The third kappa shape index (κ3) is 7.01. The van der Waals surface area contributed by atoms with Crippen molar-refractivity contribution in [3.8, 4) is 28.4 Å². The highest BCUT2D eigenvalue weighted by Gasteiger charge is 2.33. The molecule has 0 bridgehead atoms. The molecule has 3 heterocycles. The maximum absolute atomic E-state index is 13.7. The van der Waals surface area contributed by atoms with Crippen molar-refractivity contribution in [3.05, 3.63) is 95.0 Å². The Morgan fingerprint density at radius 1 is 0.979 bits per heavy atom. The molecule has 6 rings (SSSR count). The van der Waals surface area contributed by atoms with Gasteiger partial charge in [-0.05, 0) is 73.2 Å². The molecule has 1 amide bonds.